The van der Waals surface area contributed by atoms with Gasteiger partial charge in [0.05, 0.1) is 13.5 Å². The summed E-state index contributed by atoms with van der Waals surface area (Å²) in [6.07, 6.45) is 3.41. The molecular weight excluding hydrogens is 168 g/mol. The maximum absolute atomic E-state index is 11.6. The second-order valence-electron chi connectivity index (χ2n) is 3.66. The average Bonchev–Trinajstić information content (AvgIpc) is 2.48. The largest absolute Gasteiger partial charge is 0.469 e. The highest BCUT2D eigenvalue weighted by Gasteiger charge is 2.42. The number of Topliss-reactive ketones (excluding diaryl/α,β-unsaturated/α-hetero) is 1. The molecule has 1 rings (SSSR count). The number of ether oxygens (including phenoxy) is 1. The number of rotatable bonds is 3. The van der Waals surface area contributed by atoms with Crippen LogP contribution in [0, 0.1) is 5.41 Å². The average molecular weight is 184 g/mol. The highest BCUT2D eigenvalue weighted by molar-refractivity contribution is 5.90. The summed E-state index contributed by atoms with van der Waals surface area (Å²) in [5.41, 5.74) is -0.396. The number of hydrogen-bond donors (Lipinski definition) is 0. The van der Waals surface area contributed by atoms with Gasteiger partial charge in [0.1, 0.15) is 5.78 Å². The quantitative estimate of drug-likeness (QED) is 0.627. The Balaban J connectivity index is 2.69. The zero-order chi connectivity index (χ0) is 9.90. The Hall–Kier alpha value is -0.860. The fourth-order valence-corrected chi connectivity index (χ4v) is 2.03. The lowest BCUT2D eigenvalue weighted by molar-refractivity contribution is -0.146. The fourth-order valence-electron chi connectivity index (χ4n) is 2.03. The van der Waals surface area contributed by atoms with Gasteiger partial charge in [-0.2, -0.15) is 0 Å². The van der Waals surface area contributed by atoms with E-state index in [2.05, 4.69) is 4.74 Å². The Bertz CT molecular complexity index is 222. The summed E-state index contributed by atoms with van der Waals surface area (Å²) < 4.78 is 4.60. The van der Waals surface area contributed by atoms with Gasteiger partial charge in [0.2, 0.25) is 0 Å². The lowest BCUT2D eigenvalue weighted by Crippen LogP contribution is -2.28. The fraction of sp³-hybridized carbons (Fsp3) is 0.800. The molecule has 1 saturated carbocycles. The number of carbonyl (C=O) groups is 2. The smallest absolute Gasteiger partial charge is 0.306 e. The van der Waals surface area contributed by atoms with Gasteiger partial charge in [0.15, 0.2) is 0 Å². The van der Waals surface area contributed by atoms with E-state index in [4.69, 9.17) is 0 Å². The molecule has 1 unspecified atom stereocenters. The summed E-state index contributed by atoms with van der Waals surface area (Å²) in [6.45, 7) is 1.96. The van der Waals surface area contributed by atoms with Crippen molar-refractivity contribution in [2.24, 2.45) is 5.41 Å². The molecule has 1 atom stereocenters. The van der Waals surface area contributed by atoms with Crippen molar-refractivity contribution >= 4 is 11.8 Å². The minimum Gasteiger partial charge on any atom is -0.469 e. The molecule has 3 heteroatoms. The third-order valence-electron chi connectivity index (χ3n) is 3.04. The summed E-state index contributed by atoms with van der Waals surface area (Å²) in [6, 6.07) is 0. The molecule has 0 bridgehead atoms. The molecule has 13 heavy (non-hydrogen) atoms. The molecule has 0 aromatic rings. The van der Waals surface area contributed by atoms with Crippen molar-refractivity contribution in [3.63, 3.8) is 0 Å². The maximum atomic E-state index is 11.6. The number of carbonyl (C=O) groups excluding carboxylic acids is 2. The lowest BCUT2D eigenvalue weighted by Gasteiger charge is -2.23. The maximum Gasteiger partial charge on any atom is 0.306 e. The molecule has 0 heterocycles. The first-order valence-electron chi connectivity index (χ1n) is 4.75. The van der Waals surface area contributed by atoms with Gasteiger partial charge in [-0.25, -0.2) is 0 Å². The second kappa shape index (κ2) is 3.90. The topological polar surface area (TPSA) is 43.4 Å². The molecule has 0 spiro atoms. The van der Waals surface area contributed by atoms with E-state index in [1.165, 1.54) is 7.11 Å². The Labute approximate surface area is 78.5 Å². The van der Waals surface area contributed by atoms with Crippen LogP contribution < -0.4 is 0 Å². The van der Waals surface area contributed by atoms with Crippen molar-refractivity contribution < 1.29 is 14.3 Å². The molecule has 0 aromatic heterocycles. The molecule has 1 aliphatic carbocycles. The predicted molar refractivity (Wildman–Crippen MR) is 48.2 cm³/mol. The van der Waals surface area contributed by atoms with Gasteiger partial charge in [-0.05, 0) is 19.3 Å². The van der Waals surface area contributed by atoms with Gasteiger partial charge in [-0.1, -0.05) is 6.92 Å². The molecule has 0 aliphatic heterocycles. The minimum absolute atomic E-state index is 0.236. The van der Waals surface area contributed by atoms with E-state index in [1.807, 2.05) is 6.92 Å². The van der Waals surface area contributed by atoms with E-state index >= 15 is 0 Å². The van der Waals surface area contributed by atoms with Crippen LogP contribution in [0.2, 0.25) is 0 Å². The normalized spacial score (nSPS) is 27.7. The molecule has 1 aliphatic rings. The number of esters is 1. The van der Waals surface area contributed by atoms with Crippen LogP contribution >= 0.6 is 0 Å². The van der Waals surface area contributed by atoms with Crippen molar-refractivity contribution in [3.05, 3.63) is 0 Å². The van der Waals surface area contributed by atoms with Crippen LogP contribution in [0.1, 0.15) is 39.0 Å². The van der Waals surface area contributed by atoms with E-state index in [-0.39, 0.29) is 18.2 Å². The van der Waals surface area contributed by atoms with E-state index in [9.17, 15) is 9.59 Å². The van der Waals surface area contributed by atoms with Crippen molar-refractivity contribution in [3.8, 4) is 0 Å². The van der Waals surface area contributed by atoms with Crippen LogP contribution in [-0.2, 0) is 14.3 Å². The summed E-state index contributed by atoms with van der Waals surface area (Å²) in [5, 5.41) is 0. The predicted octanol–water partition coefficient (Wildman–Crippen LogP) is 1.70. The van der Waals surface area contributed by atoms with Crippen LogP contribution in [-0.4, -0.2) is 18.9 Å². The van der Waals surface area contributed by atoms with Crippen molar-refractivity contribution in [2.75, 3.05) is 7.11 Å². The molecular formula is C10H16O3. The zero-order valence-corrected chi connectivity index (χ0v) is 8.26. The summed E-state index contributed by atoms with van der Waals surface area (Å²) >= 11 is 0. The molecule has 0 saturated heterocycles. The Morgan fingerprint density at radius 1 is 1.62 bits per heavy atom. The first-order chi connectivity index (χ1) is 6.14. The van der Waals surface area contributed by atoms with Crippen LogP contribution in [0.5, 0.6) is 0 Å². The highest BCUT2D eigenvalue weighted by Crippen LogP contribution is 2.41. The van der Waals surface area contributed by atoms with Gasteiger partial charge in [0, 0.05) is 11.8 Å². The second-order valence-corrected chi connectivity index (χ2v) is 3.66. The molecule has 1 fully saturated rings. The molecule has 0 amide bonds. The summed E-state index contributed by atoms with van der Waals surface area (Å²) in [4.78, 5) is 22.7. The number of methoxy groups -OCH3 is 1. The summed E-state index contributed by atoms with van der Waals surface area (Å²) in [5.74, 6) is -0.0301. The van der Waals surface area contributed by atoms with Crippen molar-refractivity contribution in [1.29, 1.82) is 0 Å². The van der Waals surface area contributed by atoms with Crippen LogP contribution in [0.4, 0.5) is 0 Å². The molecule has 3 nitrogen and oxygen atoms in total. The van der Waals surface area contributed by atoms with Crippen molar-refractivity contribution in [2.45, 2.75) is 39.0 Å². The van der Waals surface area contributed by atoms with E-state index in [0.717, 1.165) is 19.3 Å². The van der Waals surface area contributed by atoms with Crippen LogP contribution in [0.15, 0.2) is 0 Å². The molecule has 0 radical (unpaired) electrons. The van der Waals surface area contributed by atoms with Gasteiger partial charge >= 0.3 is 5.97 Å². The Morgan fingerprint density at radius 3 is 2.69 bits per heavy atom. The standard InChI is InChI=1S/C10H16O3/c1-3-10(7-9(12)13-2)6-4-5-8(10)11/h3-7H2,1-2H3. The van der Waals surface area contributed by atoms with E-state index < -0.39 is 5.41 Å². The van der Waals surface area contributed by atoms with Crippen molar-refractivity contribution in [1.82, 2.24) is 0 Å². The number of ketones is 1. The van der Waals surface area contributed by atoms with Gasteiger partial charge in [-0.3, -0.25) is 9.59 Å². The molecule has 0 aromatic carbocycles. The van der Waals surface area contributed by atoms with E-state index in [0.29, 0.717) is 6.42 Å². The van der Waals surface area contributed by atoms with Gasteiger partial charge in [-0.15, -0.1) is 0 Å². The lowest BCUT2D eigenvalue weighted by atomic mass is 9.79. The number of hydrogen-bond acceptors (Lipinski definition) is 3. The molecule has 74 valence electrons. The minimum atomic E-state index is -0.396. The first kappa shape index (κ1) is 10.2. The Kier molecular flexibility index (Phi) is 3.07. The van der Waals surface area contributed by atoms with Crippen LogP contribution in [0.3, 0.4) is 0 Å². The third kappa shape index (κ3) is 1.90. The van der Waals surface area contributed by atoms with Gasteiger partial charge < -0.3 is 4.74 Å². The monoisotopic (exact) mass is 184 g/mol. The molecule has 0 N–H and O–H groups in total. The zero-order valence-electron chi connectivity index (χ0n) is 8.26. The van der Waals surface area contributed by atoms with E-state index in [1.54, 1.807) is 0 Å². The summed E-state index contributed by atoms with van der Waals surface area (Å²) in [7, 11) is 1.37. The van der Waals surface area contributed by atoms with Crippen LogP contribution in [0.25, 0.3) is 0 Å². The highest BCUT2D eigenvalue weighted by atomic mass is 16.5. The third-order valence-corrected chi connectivity index (χ3v) is 3.04. The van der Waals surface area contributed by atoms with Gasteiger partial charge in [0.25, 0.3) is 0 Å². The Morgan fingerprint density at radius 2 is 2.31 bits per heavy atom. The first-order valence-corrected chi connectivity index (χ1v) is 4.75. The SMILES string of the molecule is CCC1(CC(=O)OC)CCCC1=O.